The maximum Gasteiger partial charge on any atom is 0.154 e. The second-order valence-electron chi connectivity index (χ2n) is 4.75. The normalized spacial score (nSPS) is 14.3. The van der Waals surface area contributed by atoms with Crippen LogP contribution in [0.15, 0.2) is 12.1 Å². The standard InChI is InChI=1S/C12H15BrCl2O3S/c1-12(2,19(4,16)17)11(13)7-5-9(15)10(18-3)6-8(7)14/h5-6,11H,1-4H3. The largest absolute Gasteiger partial charge is 0.495 e. The molecule has 1 atom stereocenters. The molecule has 108 valence electrons. The molecule has 0 aliphatic rings. The molecule has 7 heteroatoms. The first-order valence-corrected chi connectivity index (χ1v) is 8.95. The third-order valence-electron chi connectivity index (χ3n) is 3.11. The number of benzene rings is 1. The van der Waals surface area contributed by atoms with Crippen LogP contribution in [0.3, 0.4) is 0 Å². The van der Waals surface area contributed by atoms with E-state index in [0.717, 1.165) is 0 Å². The van der Waals surface area contributed by atoms with Crippen molar-refractivity contribution >= 4 is 49.0 Å². The van der Waals surface area contributed by atoms with Crippen molar-refractivity contribution in [3.05, 3.63) is 27.7 Å². The molecule has 1 aromatic rings. The zero-order valence-corrected chi connectivity index (χ0v) is 14.9. The highest BCUT2D eigenvalue weighted by Gasteiger charge is 2.39. The van der Waals surface area contributed by atoms with Crippen molar-refractivity contribution in [2.45, 2.75) is 23.4 Å². The van der Waals surface area contributed by atoms with Crippen LogP contribution < -0.4 is 4.74 Å². The summed E-state index contributed by atoms with van der Waals surface area (Å²) >= 11 is 15.6. The molecule has 0 fully saturated rings. The van der Waals surface area contributed by atoms with E-state index in [4.69, 9.17) is 27.9 Å². The summed E-state index contributed by atoms with van der Waals surface area (Å²) in [5, 5.41) is 0.788. The summed E-state index contributed by atoms with van der Waals surface area (Å²) in [5.74, 6) is 0.451. The minimum atomic E-state index is -3.27. The van der Waals surface area contributed by atoms with Crippen molar-refractivity contribution in [2.24, 2.45) is 0 Å². The van der Waals surface area contributed by atoms with E-state index in [0.29, 0.717) is 21.4 Å². The molecular formula is C12H15BrCl2O3S. The third-order valence-corrected chi connectivity index (χ3v) is 7.82. The fourth-order valence-corrected chi connectivity index (χ4v) is 4.00. The Balaban J connectivity index is 3.36. The number of halogens is 3. The van der Waals surface area contributed by atoms with Gasteiger partial charge in [0.25, 0.3) is 0 Å². The van der Waals surface area contributed by atoms with Gasteiger partial charge in [-0.05, 0) is 25.5 Å². The van der Waals surface area contributed by atoms with E-state index in [9.17, 15) is 8.42 Å². The zero-order chi connectivity index (χ0) is 15.0. The van der Waals surface area contributed by atoms with Gasteiger partial charge in [0.1, 0.15) is 5.75 Å². The summed E-state index contributed by atoms with van der Waals surface area (Å²) in [6, 6.07) is 3.20. The van der Waals surface area contributed by atoms with Gasteiger partial charge in [0, 0.05) is 17.3 Å². The SMILES string of the molecule is COc1cc(Cl)c(C(Br)C(C)(C)S(C)(=O)=O)cc1Cl. The van der Waals surface area contributed by atoms with Gasteiger partial charge in [0.15, 0.2) is 9.84 Å². The zero-order valence-electron chi connectivity index (χ0n) is 11.0. The first-order chi connectivity index (χ1) is 8.52. The van der Waals surface area contributed by atoms with Crippen LogP contribution >= 0.6 is 39.1 Å². The van der Waals surface area contributed by atoms with E-state index in [1.807, 2.05) is 0 Å². The molecule has 3 nitrogen and oxygen atoms in total. The fourth-order valence-electron chi connectivity index (χ4n) is 1.46. The van der Waals surface area contributed by atoms with Crippen LogP contribution in [0.1, 0.15) is 24.2 Å². The molecule has 0 heterocycles. The van der Waals surface area contributed by atoms with E-state index in [-0.39, 0.29) is 0 Å². The molecule has 1 unspecified atom stereocenters. The smallest absolute Gasteiger partial charge is 0.154 e. The van der Waals surface area contributed by atoms with Crippen LogP contribution in [0.5, 0.6) is 5.75 Å². The number of alkyl halides is 1. The van der Waals surface area contributed by atoms with E-state index >= 15 is 0 Å². The molecule has 0 saturated carbocycles. The number of methoxy groups -OCH3 is 1. The highest BCUT2D eigenvalue weighted by molar-refractivity contribution is 9.09. The Morgan fingerprint density at radius 2 is 1.79 bits per heavy atom. The van der Waals surface area contributed by atoms with Crippen molar-refractivity contribution < 1.29 is 13.2 Å². The molecule has 0 aliphatic heterocycles. The summed E-state index contributed by atoms with van der Waals surface area (Å²) in [5.41, 5.74) is 0.614. The predicted molar refractivity (Wildman–Crippen MR) is 83.6 cm³/mol. The lowest BCUT2D eigenvalue weighted by atomic mass is 10.0. The van der Waals surface area contributed by atoms with Gasteiger partial charge in [0.05, 0.1) is 21.7 Å². The first-order valence-electron chi connectivity index (χ1n) is 5.39. The molecule has 0 amide bonds. The van der Waals surface area contributed by atoms with Gasteiger partial charge in [-0.15, -0.1) is 0 Å². The lowest BCUT2D eigenvalue weighted by molar-refractivity contribution is 0.415. The Morgan fingerprint density at radius 3 is 2.21 bits per heavy atom. The molecule has 19 heavy (non-hydrogen) atoms. The maximum atomic E-state index is 11.9. The fraction of sp³-hybridized carbons (Fsp3) is 0.500. The average molecular weight is 390 g/mol. The Labute approximate surface area is 132 Å². The average Bonchev–Trinajstić information content (AvgIpc) is 2.29. The van der Waals surface area contributed by atoms with Crippen LogP contribution in [-0.4, -0.2) is 26.5 Å². The van der Waals surface area contributed by atoms with Crippen molar-refractivity contribution in [1.82, 2.24) is 0 Å². The van der Waals surface area contributed by atoms with E-state index in [1.165, 1.54) is 13.4 Å². The number of sulfone groups is 1. The van der Waals surface area contributed by atoms with Crippen molar-refractivity contribution in [3.8, 4) is 5.75 Å². The van der Waals surface area contributed by atoms with E-state index < -0.39 is 19.4 Å². The summed E-state index contributed by atoms with van der Waals surface area (Å²) in [6.07, 6.45) is 1.19. The van der Waals surface area contributed by atoms with E-state index in [2.05, 4.69) is 15.9 Å². The van der Waals surface area contributed by atoms with Crippen molar-refractivity contribution in [3.63, 3.8) is 0 Å². The molecule has 0 N–H and O–H groups in total. The molecule has 1 rings (SSSR count). The van der Waals surface area contributed by atoms with Crippen molar-refractivity contribution in [1.29, 1.82) is 0 Å². The van der Waals surface area contributed by atoms with Gasteiger partial charge in [-0.1, -0.05) is 39.1 Å². The van der Waals surface area contributed by atoms with Crippen LogP contribution in [0.4, 0.5) is 0 Å². The molecule has 0 spiro atoms. The molecule has 0 bridgehead atoms. The third kappa shape index (κ3) is 3.38. The molecular weight excluding hydrogens is 375 g/mol. The summed E-state index contributed by atoms with van der Waals surface area (Å²) < 4.78 is 27.8. The quantitative estimate of drug-likeness (QED) is 0.722. The Morgan fingerprint density at radius 1 is 1.26 bits per heavy atom. The lowest BCUT2D eigenvalue weighted by Gasteiger charge is -2.29. The van der Waals surface area contributed by atoms with Gasteiger partial charge < -0.3 is 4.74 Å². The predicted octanol–water partition coefficient (Wildman–Crippen LogP) is 4.26. The van der Waals surface area contributed by atoms with E-state index in [1.54, 1.807) is 26.0 Å². The van der Waals surface area contributed by atoms with Crippen LogP contribution in [0.25, 0.3) is 0 Å². The minimum absolute atomic E-state index is 0.385. The van der Waals surface area contributed by atoms with Gasteiger partial charge in [0.2, 0.25) is 0 Å². The molecule has 0 aliphatic carbocycles. The van der Waals surface area contributed by atoms with Gasteiger partial charge in [-0.2, -0.15) is 0 Å². The topological polar surface area (TPSA) is 43.4 Å². The Hall–Kier alpha value is 0.0300. The summed E-state index contributed by atoms with van der Waals surface area (Å²) in [4.78, 5) is -0.481. The summed E-state index contributed by atoms with van der Waals surface area (Å²) in [7, 11) is -1.79. The number of hydrogen-bond acceptors (Lipinski definition) is 3. The van der Waals surface area contributed by atoms with Gasteiger partial charge >= 0.3 is 0 Å². The van der Waals surface area contributed by atoms with Crippen molar-refractivity contribution in [2.75, 3.05) is 13.4 Å². The van der Waals surface area contributed by atoms with Crippen LogP contribution in [0.2, 0.25) is 10.0 Å². The molecule has 0 radical (unpaired) electrons. The first kappa shape index (κ1) is 17.1. The lowest BCUT2D eigenvalue weighted by Crippen LogP contribution is -2.35. The van der Waals surface area contributed by atoms with Gasteiger partial charge in [-0.3, -0.25) is 0 Å². The number of ether oxygens (including phenoxy) is 1. The maximum absolute atomic E-state index is 11.9. The van der Waals surface area contributed by atoms with Crippen LogP contribution in [0, 0.1) is 0 Å². The Bertz CT molecular complexity index is 585. The number of rotatable bonds is 4. The molecule has 0 saturated heterocycles. The highest BCUT2D eigenvalue weighted by Crippen LogP contribution is 2.44. The van der Waals surface area contributed by atoms with Gasteiger partial charge in [-0.25, -0.2) is 8.42 Å². The summed E-state index contributed by atoms with van der Waals surface area (Å²) in [6.45, 7) is 3.27. The highest BCUT2D eigenvalue weighted by atomic mass is 79.9. The number of hydrogen-bond donors (Lipinski definition) is 0. The second-order valence-corrected chi connectivity index (χ2v) is 9.07. The monoisotopic (exact) mass is 388 g/mol. The molecule has 1 aromatic carbocycles. The Kier molecular flexibility index (Phi) is 5.21. The minimum Gasteiger partial charge on any atom is -0.495 e. The molecule has 0 aromatic heterocycles. The van der Waals surface area contributed by atoms with Crippen LogP contribution in [-0.2, 0) is 9.84 Å². The second kappa shape index (κ2) is 5.80.